The van der Waals surface area contributed by atoms with Crippen molar-refractivity contribution in [3.05, 3.63) is 71.2 Å². The molecule has 1 aliphatic heterocycles. The van der Waals surface area contributed by atoms with Crippen LogP contribution in [0, 0.1) is 5.82 Å². The predicted molar refractivity (Wildman–Crippen MR) is 128 cm³/mol. The fraction of sp³-hybridized carbons (Fsp3) is 0.280. The highest BCUT2D eigenvalue weighted by molar-refractivity contribution is 9.08. The summed E-state index contributed by atoms with van der Waals surface area (Å²) >= 11 is 3.27. The summed E-state index contributed by atoms with van der Waals surface area (Å²) < 4.78 is 20.1. The van der Waals surface area contributed by atoms with Gasteiger partial charge in [-0.2, -0.15) is 0 Å². The van der Waals surface area contributed by atoms with E-state index in [0.717, 1.165) is 35.7 Å². The molecule has 172 valence electrons. The van der Waals surface area contributed by atoms with Crippen molar-refractivity contribution < 1.29 is 24.1 Å². The van der Waals surface area contributed by atoms with Crippen LogP contribution in [0.25, 0.3) is 11.1 Å². The second-order valence-corrected chi connectivity index (χ2v) is 8.54. The summed E-state index contributed by atoms with van der Waals surface area (Å²) in [5.74, 6) is -0.103. The Morgan fingerprint density at radius 1 is 1.21 bits per heavy atom. The number of alkyl halides is 1. The summed E-state index contributed by atoms with van der Waals surface area (Å²) in [6.07, 6.45) is 4.78. The summed E-state index contributed by atoms with van der Waals surface area (Å²) in [6.45, 7) is 1.27. The third-order valence-corrected chi connectivity index (χ3v) is 6.51. The Labute approximate surface area is 199 Å². The highest BCUT2D eigenvalue weighted by atomic mass is 79.9. The fourth-order valence-corrected chi connectivity index (χ4v) is 4.13. The molecule has 6 nitrogen and oxygen atoms in total. The lowest BCUT2D eigenvalue weighted by Gasteiger charge is -2.27. The highest BCUT2D eigenvalue weighted by Gasteiger charge is 2.25. The number of nitrogens with one attached hydrogen (secondary N) is 1. The molecule has 8 heteroatoms. The van der Waals surface area contributed by atoms with E-state index in [1.165, 1.54) is 0 Å². The number of benzene rings is 2. The second kappa shape index (κ2) is 10.2. The molecule has 5 rings (SSSR count). The molecule has 1 aromatic heterocycles. The van der Waals surface area contributed by atoms with Gasteiger partial charge in [-0.3, -0.25) is 0 Å². The number of rotatable bonds is 4. The van der Waals surface area contributed by atoms with Gasteiger partial charge in [-0.15, -0.1) is 0 Å². The van der Waals surface area contributed by atoms with E-state index in [1.807, 2.05) is 6.07 Å². The number of pyridine rings is 1. The number of aromatic carboxylic acids is 1. The third-order valence-electron chi connectivity index (χ3n) is 5.86. The first-order valence-electron chi connectivity index (χ1n) is 10.7. The molecule has 1 saturated carbocycles. The molecule has 0 bridgehead atoms. The van der Waals surface area contributed by atoms with E-state index < -0.39 is 11.8 Å². The zero-order valence-electron chi connectivity index (χ0n) is 17.9. The van der Waals surface area contributed by atoms with Crippen LogP contribution in [0.4, 0.5) is 10.2 Å². The number of fused-ring (bicyclic) bond motifs is 1. The molecule has 0 saturated heterocycles. The number of aromatic hydroxyl groups is 1. The minimum Gasteiger partial charge on any atom is -0.505 e. The van der Waals surface area contributed by atoms with Crippen LogP contribution in [-0.4, -0.2) is 34.3 Å². The number of nitrogens with zero attached hydrogens (tertiary/aromatic N) is 1. The number of phenols is 1. The fourth-order valence-electron chi connectivity index (χ4n) is 3.75. The average molecular weight is 515 g/mol. The van der Waals surface area contributed by atoms with Crippen LogP contribution in [0.5, 0.6) is 11.5 Å². The molecule has 2 heterocycles. The minimum absolute atomic E-state index is 0.223. The number of hydrogen-bond donors (Lipinski definition) is 3. The van der Waals surface area contributed by atoms with Crippen molar-refractivity contribution in [2.45, 2.75) is 30.5 Å². The number of carbonyl (C=O) groups is 1. The summed E-state index contributed by atoms with van der Waals surface area (Å²) in [5.41, 5.74) is 3.08. The third kappa shape index (κ3) is 5.11. The number of halogens is 2. The van der Waals surface area contributed by atoms with Crippen molar-refractivity contribution in [1.29, 1.82) is 0 Å². The van der Waals surface area contributed by atoms with Crippen LogP contribution >= 0.6 is 15.9 Å². The molecule has 3 N–H and O–H groups in total. The molecule has 2 aromatic carbocycles. The molecule has 0 radical (unpaired) electrons. The Balaban J connectivity index is 0.000000200. The Morgan fingerprint density at radius 3 is 2.61 bits per heavy atom. The molecule has 1 fully saturated rings. The Bertz CT molecular complexity index is 1150. The quantitative estimate of drug-likeness (QED) is 0.373. The molecule has 0 atom stereocenters. The largest absolute Gasteiger partial charge is 0.505 e. The lowest BCUT2D eigenvalue weighted by Crippen LogP contribution is -2.19. The molecular weight excluding hydrogens is 491 g/mol. The van der Waals surface area contributed by atoms with Crippen LogP contribution in [0.3, 0.4) is 0 Å². The van der Waals surface area contributed by atoms with E-state index in [2.05, 4.69) is 26.2 Å². The number of carboxylic acid groups (broad SMARTS) is 1. The summed E-state index contributed by atoms with van der Waals surface area (Å²) in [7, 11) is 0. The van der Waals surface area contributed by atoms with Gasteiger partial charge in [-0.25, -0.2) is 14.2 Å². The maximum absolute atomic E-state index is 14.6. The first-order chi connectivity index (χ1) is 16.0. The van der Waals surface area contributed by atoms with Crippen LogP contribution in [0.2, 0.25) is 0 Å². The zero-order chi connectivity index (χ0) is 23.4. The van der Waals surface area contributed by atoms with Gasteiger partial charge in [0.15, 0.2) is 23.1 Å². The predicted octanol–water partition coefficient (Wildman–Crippen LogP) is 5.94. The molecule has 2 aliphatic rings. The number of hydrogen-bond acceptors (Lipinski definition) is 5. The normalized spacial score (nSPS) is 14.6. The number of ether oxygens (including phenoxy) is 1. The van der Waals surface area contributed by atoms with Gasteiger partial charge in [0.25, 0.3) is 0 Å². The molecule has 0 unspecified atom stereocenters. The number of carboxylic acids is 1. The molecule has 0 amide bonds. The molecule has 0 spiro atoms. The minimum atomic E-state index is -0.883. The Morgan fingerprint density at radius 2 is 1.97 bits per heavy atom. The zero-order valence-corrected chi connectivity index (χ0v) is 19.4. The number of phenolic OH excluding ortho intramolecular Hbond substituents is 1. The molecule has 33 heavy (non-hydrogen) atoms. The van der Waals surface area contributed by atoms with Gasteiger partial charge in [0, 0.05) is 28.2 Å². The first-order valence-corrected chi connectivity index (χ1v) is 11.9. The van der Waals surface area contributed by atoms with Crippen LogP contribution in [-0.2, 0) is 5.33 Å². The van der Waals surface area contributed by atoms with E-state index in [4.69, 9.17) is 9.84 Å². The Hall–Kier alpha value is -3.13. The Kier molecular flexibility index (Phi) is 7.13. The second-order valence-electron chi connectivity index (χ2n) is 7.97. The van der Waals surface area contributed by atoms with Gasteiger partial charge in [0.05, 0.1) is 12.1 Å². The maximum Gasteiger partial charge on any atom is 0.335 e. The van der Waals surface area contributed by atoms with E-state index in [1.54, 1.807) is 42.6 Å². The van der Waals surface area contributed by atoms with Crippen molar-refractivity contribution in [2.75, 3.05) is 18.5 Å². The smallest absolute Gasteiger partial charge is 0.335 e. The number of aromatic nitrogens is 1. The van der Waals surface area contributed by atoms with Crippen LogP contribution in [0.15, 0.2) is 48.7 Å². The van der Waals surface area contributed by atoms with Crippen molar-refractivity contribution in [1.82, 2.24) is 4.98 Å². The van der Waals surface area contributed by atoms with Gasteiger partial charge >= 0.3 is 5.97 Å². The van der Waals surface area contributed by atoms with Gasteiger partial charge < -0.3 is 20.3 Å². The lowest BCUT2D eigenvalue weighted by molar-refractivity contribution is 0.0697. The lowest BCUT2D eigenvalue weighted by atomic mass is 9.79. The van der Waals surface area contributed by atoms with Crippen molar-refractivity contribution >= 4 is 27.7 Å². The van der Waals surface area contributed by atoms with Crippen LogP contribution < -0.4 is 10.1 Å². The molecular formula is C25H24BrFN2O4. The topological polar surface area (TPSA) is 91.7 Å². The van der Waals surface area contributed by atoms with Gasteiger partial charge in [-0.05, 0) is 42.5 Å². The molecule has 1 aliphatic carbocycles. The van der Waals surface area contributed by atoms with E-state index in [0.29, 0.717) is 41.4 Å². The first kappa shape index (κ1) is 23.0. The van der Waals surface area contributed by atoms with Gasteiger partial charge in [0.2, 0.25) is 0 Å². The van der Waals surface area contributed by atoms with E-state index in [9.17, 15) is 14.3 Å². The van der Waals surface area contributed by atoms with Crippen LogP contribution in [0.1, 0.15) is 46.7 Å². The standard InChI is InChI=1S/C17H17FN2O2.C8H7BrO2/c18-15-12(4-5-13(16(15)21)10-2-1-3-10)11-8-14-17(20-9-11)19-6-7-22-14;9-5-6-1-3-7(4-2-6)8(10)11/h4-5,8-10,21H,1-3,6-7H2,(H,19,20);1-4H,5H2,(H,10,11). The number of anilines is 1. The van der Waals surface area contributed by atoms with Gasteiger partial charge in [0.1, 0.15) is 6.61 Å². The average Bonchev–Trinajstić information content (AvgIpc) is 2.81. The van der Waals surface area contributed by atoms with Crippen molar-refractivity contribution in [2.24, 2.45) is 0 Å². The van der Waals surface area contributed by atoms with E-state index >= 15 is 0 Å². The molecule has 3 aromatic rings. The monoisotopic (exact) mass is 514 g/mol. The van der Waals surface area contributed by atoms with Crippen molar-refractivity contribution in [3.8, 4) is 22.6 Å². The summed E-state index contributed by atoms with van der Waals surface area (Å²) in [6, 6.07) is 12.1. The maximum atomic E-state index is 14.6. The van der Waals surface area contributed by atoms with E-state index in [-0.39, 0.29) is 11.7 Å². The SMILES string of the molecule is O=C(O)c1ccc(CBr)cc1.Oc1c(C2CCC2)ccc(-c2cnc3c(c2)OCCN3)c1F. The highest BCUT2D eigenvalue weighted by Crippen LogP contribution is 2.43. The van der Waals surface area contributed by atoms with Crippen molar-refractivity contribution in [3.63, 3.8) is 0 Å². The summed E-state index contributed by atoms with van der Waals surface area (Å²) in [5, 5.41) is 22.6. The van der Waals surface area contributed by atoms with Gasteiger partial charge in [-0.1, -0.05) is 46.6 Å². The summed E-state index contributed by atoms with van der Waals surface area (Å²) in [4.78, 5) is 14.7.